The van der Waals surface area contributed by atoms with E-state index in [2.05, 4.69) is 44.5 Å². The molecule has 190 valence electrons. The van der Waals surface area contributed by atoms with Crippen molar-refractivity contribution in [2.75, 3.05) is 24.7 Å². The van der Waals surface area contributed by atoms with Crippen LogP contribution in [0.2, 0.25) is 0 Å². The van der Waals surface area contributed by atoms with Crippen LogP contribution in [0.1, 0.15) is 68.2 Å². The van der Waals surface area contributed by atoms with Gasteiger partial charge in [-0.25, -0.2) is 5.01 Å². The van der Waals surface area contributed by atoms with E-state index in [1.165, 1.54) is 43.9 Å². The van der Waals surface area contributed by atoms with Gasteiger partial charge in [-0.3, -0.25) is 4.79 Å². The molecule has 3 aromatic rings. The summed E-state index contributed by atoms with van der Waals surface area (Å²) < 4.78 is 11.4. The smallest absolute Gasteiger partial charge is 0.277 e. The molecule has 1 atom stereocenters. The van der Waals surface area contributed by atoms with Gasteiger partial charge >= 0.3 is 0 Å². The number of benzene rings is 1. The summed E-state index contributed by atoms with van der Waals surface area (Å²) in [7, 11) is 4.02. The highest BCUT2D eigenvalue weighted by molar-refractivity contribution is 7.99. The molecule has 3 heterocycles. The van der Waals surface area contributed by atoms with Crippen molar-refractivity contribution in [3.05, 3.63) is 59.9 Å². The summed E-state index contributed by atoms with van der Waals surface area (Å²) in [6.45, 7) is 0. The maximum atomic E-state index is 13.3. The summed E-state index contributed by atoms with van der Waals surface area (Å²) in [5.74, 6) is 2.18. The van der Waals surface area contributed by atoms with Crippen molar-refractivity contribution < 1.29 is 13.6 Å². The van der Waals surface area contributed by atoms with E-state index in [-0.39, 0.29) is 17.7 Å². The second kappa shape index (κ2) is 11.3. The summed E-state index contributed by atoms with van der Waals surface area (Å²) >= 11 is 1.27. The molecule has 0 spiro atoms. The Morgan fingerprint density at radius 2 is 1.92 bits per heavy atom. The molecule has 1 unspecified atom stereocenters. The number of nitrogens with zero attached hydrogens (tertiary/aromatic N) is 5. The molecule has 2 aliphatic rings. The maximum absolute atomic E-state index is 13.3. The predicted molar refractivity (Wildman–Crippen MR) is 140 cm³/mol. The molecule has 1 aromatic carbocycles. The molecule has 1 aliphatic heterocycles. The fourth-order valence-electron chi connectivity index (χ4n) is 4.98. The summed E-state index contributed by atoms with van der Waals surface area (Å²) in [6, 6.07) is 11.8. The highest BCUT2D eigenvalue weighted by Gasteiger charge is 2.34. The van der Waals surface area contributed by atoms with Crippen LogP contribution in [0, 0.1) is 5.92 Å². The van der Waals surface area contributed by atoms with E-state index in [0.29, 0.717) is 23.3 Å². The number of furan rings is 1. The van der Waals surface area contributed by atoms with Gasteiger partial charge in [-0.05, 0) is 42.2 Å². The van der Waals surface area contributed by atoms with Gasteiger partial charge in [0.2, 0.25) is 5.89 Å². The van der Waals surface area contributed by atoms with Crippen LogP contribution >= 0.6 is 11.8 Å². The van der Waals surface area contributed by atoms with E-state index in [9.17, 15) is 4.79 Å². The Morgan fingerprint density at radius 3 is 2.64 bits per heavy atom. The van der Waals surface area contributed by atoms with Crippen molar-refractivity contribution in [3.8, 4) is 0 Å². The highest BCUT2D eigenvalue weighted by atomic mass is 32.2. The number of carbonyl (C=O) groups excluding carboxylic acids is 1. The monoisotopic (exact) mass is 507 g/mol. The topological polar surface area (TPSA) is 88.0 Å². The van der Waals surface area contributed by atoms with Crippen molar-refractivity contribution in [1.82, 2.24) is 15.2 Å². The second-order valence-corrected chi connectivity index (χ2v) is 10.7. The second-order valence-electron chi connectivity index (χ2n) is 9.76. The third-order valence-corrected chi connectivity index (χ3v) is 7.83. The number of rotatable bonds is 9. The lowest BCUT2D eigenvalue weighted by atomic mass is 9.86. The number of aryl methyl sites for hydroxylation is 1. The zero-order chi connectivity index (χ0) is 24.9. The SMILES string of the molecule is CN(C)c1ccc(C2CC(c3ccco3)=NN2C(=O)CSc2nnc(CCC3CCCCC3)o2)cc1. The van der Waals surface area contributed by atoms with Crippen molar-refractivity contribution in [2.24, 2.45) is 11.0 Å². The first-order valence-corrected chi connectivity index (χ1v) is 13.7. The molecule has 1 amide bonds. The van der Waals surface area contributed by atoms with Gasteiger partial charge < -0.3 is 13.7 Å². The van der Waals surface area contributed by atoms with Crippen LogP contribution in [0.4, 0.5) is 5.69 Å². The summed E-state index contributed by atoms with van der Waals surface area (Å²) in [6.07, 6.45) is 10.8. The lowest BCUT2D eigenvalue weighted by Crippen LogP contribution is -2.28. The number of anilines is 1. The Labute approximate surface area is 216 Å². The number of hydrogen-bond acceptors (Lipinski definition) is 8. The first-order chi connectivity index (χ1) is 17.6. The zero-order valence-electron chi connectivity index (χ0n) is 20.9. The minimum atomic E-state index is -0.192. The van der Waals surface area contributed by atoms with Crippen LogP contribution in [0.3, 0.4) is 0 Å². The Hall–Kier alpha value is -3.07. The molecule has 5 rings (SSSR count). The Balaban J connectivity index is 1.23. The van der Waals surface area contributed by atoms with E-state index in [4.69, 9.17) is 8.83 Å². The number of carbonyl (C=O) groups is 1. The van der Waals surface area contributed by atoms with Crippen LogP contribution in [0.15, 0.2) is 61.8 Å². The number of hydrogen-bond donors (Lipinski definition) is 0. The Bertz CT molecular complexity index is 1170. The van der Waals surface area contributed by atoms with Crippen LogP contribution in [-0.2, 0) is 11.2 Å². The molecular weight excluding hydrogens is 474 g/mol. The lowest BCUT2D eigenvalue weighted by Gasteiger charge is -2.22. The predicted octanol–water partition coefficient (Wildman–Crippen LogP) is 5.71. The molecule has 0 radical (unpaired) electrons. The summed E-state index contributed by atoms with van der Waals surface area (Å²) in [4.78, 5) is 15.4. The third-order valence-electron chi connectivity index (χ3n) is 7.02. The molecule has 36 heavy (non-hydrogen) atoms. The van der Waals surface area contributed by atoms with E-state index >= 15 is 0 Å². The molecule has 2 aromatic heterocycles. The minimum Gasteiger partial charge on any atom is -0.463 e. The Kier molecular flexibility index (Phi) is 7.75. The third kappa shape index (κ3) is 5.83. The molecule has 1 fully saturated rings. The van der Waals surface area contributed by atoms with E-state index < -0.39 is 0 Å². The minimum absolute atomic E-state index is 0.106. The summed E-state index contributed by atoms with van der Waals surface area (Å²) in [5.41, 5.74) is 2.91. The van der Waals surface area contributed by atoms with Gasteiger partial charge in [0.1, 0.15) is 11.5 Å². The molecule has 1 saturated carbocycles. The normalized spacial score (nSPS) is 18.4. The van der Waals surface area contributed by atoms with Gasteiger partial charge in [0.05, 0.1) is 18.1 Å². The van der Waals surface area contributed by atoms with E-state index in [1.54, 1.807) is 11.3 Å². The van der Waals surface area contributed by atoms with Crippen LogP contribution in [0.5, 0.6) is 0 Å². The van der Waals surface area contributed by atoms with Crippen molar-refractivity contribution in [3.63, 3.8) is 0 Å². The average molecular weight is 508 g/mol. The van der Waals surface area contributed by atoms with Gasteiger partial charge in [0.25, 0.3) is 11.1 Å². The standard InChI is InChI=1S/C27H33N5O3S/c1-31(2)21-13-11-20(12-14-21)23-17-22(24-9-6-16-34-24)30-32(23)26(33)18-36-27-29-28-25(35-27)15-10-19-7-4-3-5-8-19/h6,9,11-14,16,19,23H,3-5,7-8,10,15,17-18H2,1-2H3. The van der Waals surface area contributed by atoms with Crippen molar-refractivity contribution in [1.29, 1.82) is 0 Å². The molecule has 0 N–H and O–H groups in total. The molecule has 9 heteroatoms. The maximum Gasteiger partial charge on any atom is 0.277 e. The van der Waals surface area contributed by atoms with Crippen molar-refractivity contribution in [2.45, 2.75) is 62.6 Å². The van der Waals surface area contributed by atoms with Gasteiger partial charge in [0.15, 0.2) is 0 Å². The fraction of sp³-hybridized carbons (Fsp3) is 0.481. The van der Waals surface area contributed by atoms with Gasteiger partial charge in [0, 0.05) is 32.6 Å². The van der Waals surface area contributed by atoms with Gasteiger partial charge in [-0.15, -0.1) is 10.2 Å². The average Bonchev–Trinajstić information content (AvgIpc) is 3.67. The van der Waals surface area contributed by atoms with E-state index in [1.807, 2.05) is 26.2 Å². The zero-order valence-corrected chi connectivity index (χ0v) is 21.7. The number of hydrazone groups is 1. The number of aromatic nitrogens is 2. The van der Waals surface area contributed by atoms with E-state index in [0.717, 1.165) is 35.7 Å². The quantitative estimate of drug-likeness (QED) is 0.343. The van der Waals surface area contributed by atoms with Crippen LogP contribution in [-0.4, -0.2) is 46.7 Å². The number of amides is 1. The molecular formula is C27H33N5O3S. The molecule has 1 aliphatic carbocycles. The molecule has 0 saturated heterocycles. The van der Waals surface area contributed by atoms with Gasteiger partial charge in [-0.1, -0.05) is 56.0 Å². The molecule has 0 bridgehead atoms. The lowest BCUT2D eigenvalue weighted by molar-refractivity contribution is -0.130. The highest BCUT2D eigenvalue weighted by Crippen LogP contribution is 2.35. The van der Waals surface area contributed by atoms with Crippen LogP contribution < -0.4 is 4.90 Å². The Morgan fingerprint density at radius 1 is 1.11 bits per heavy atom. The number of thioether (sulfide) groups is 1. The van der Waals surface area contributed by atoms with Crippen LogP contribution in [0.25, 0.3) is 0 Å². The molecule has 8 nitrogen and oxygen atoms in total. The fourth-order valence-corrected chi connectivity index (χ4v) is 5.61. The van der Waals surface area contributed by atoms with Crippen molar-refractivity contribution >= 4 is 29.1 Å². The first-order valence-electron chi connectivity index (χ1n) is 12.7. The van der Waals surface area contributed by atoms with Gasteiger partial charge in [-0.2, -0.15) is 5.10 Å². The largest absolute Gasteiger partial charge is 0.463 e. The first kappa shape index (κ1) is 24.6. The summed E-state index contributed by atoms with van der Waals surface area (Å²) in [5, 5.41) is 15.0.